The maximum atomic E-state index is 14.5. The molecule has 1 N–H and O–H groups in total. The molecule has 1 aliphatic rings. The zero-order valence-corrected chi connectivity index (χ0v) is 13.9. The lowest BCUT2D eigenvalue weighted by atomic mass is 9.97. The number of hydrogen-bond acceptors (Lipinski definition) is 3. The van der Waals surface area contributed by atoms with Crippen LogP contribution in [0.2, 0.25) is 0 Å². The molecule has 9 heteroatoms. The van der Waals surface area contributed by atoms with Crippen molar-refractivity contribution in [2.75, 3.05) is 33.3 Å². The van der Waals surface area contributed by atoms with Crippen LogP contribution < -0.4 is 10.1 Å². The Morgan fingerprint density at radius 3 is 2.38 bits per heavy atom. The molecule has 0 spiro atoms. The Hall–Kier alpha value is -1.12. The number of hydrogen-bond donors (Lipinski definition) is 1. The van der Waals surface area contributed by atoms with Gasteiger partial charge in [0, 0.05) is 44.2 Å². The van der Waals surface area contributed by atoms with Gasteiger partial charge in [0.1, 0.15) is 5.82 Å². The fourth-order valence-corrected chi connectivity index (χ4v) is 2.82. The van der Waals surface area contributed by atoms with Crippen molar-refractivity contribution in [3.8, 4) is 5.75 Å². The quantitative estimate of drug-likeness (QED) is 0.796. The second-order valence-electron chi connectivity index (χ2n) is 5.43. The minimum atomic E-state index is -4.38. The van der Waals surface area contributed by atoms with Gasteiger partial charge in [0.05, 0.1) is 7.11 Å². The third-order valence-electron chi connectivity index (χ3n) is 3.94. The van der Waals surface area contributed by atoms with Crippen molar-refractivity contribution in [1.82, 2.24) is 10.2 Å². The largest absolute Gasteiger partial charge is 0.494 e. The summed E-state index contributed by atoms with van der Waals surface area (Å²) in [5.41, 5.74) is -0.351. The summed E-state index contributed by atoms with van der Waals surface area (Å²) in [6.07, 6.45) is -5.87. The molecule has 0 amide bonds. The van der Waals surface area contributed by atoms with Gasteiger partial charge in [0.25, 0.3) is 0 Å². The van der Waals surface area contributed by atoms with Crippen molar-refractivity contribution < 1.29 is 26.7 Å². The van der Waals surface area contributed by atoms with Crippen molar-refractivity contribution in [3.63, 3.8) is 0 Å². The average Bonchev–Trinajstić information content (AvgIpc) is 2.50. The van der Waals surface area contributed by atoms with Gasteiger partial charge in [0.15, 0.2) is 11.6 Å². The molecule has 0 aliphatic carbocycles. The summed E-state index contributed by atoms with van der Waals surface area (Å²) < 4.78 is 71.3. The molecule has 1 atom stereocenters. The molecule has 1 aromatic carbocycles. The highest BCUT2D eigenvalue weighted by Gasteiger charge is 2.34. The highest BCUT2D eigenvalue weighted by Crippen LogP contribution is 2.36. The van der Waals surface area contributed by atoms with E-state index in [9.17, 15) is 22.0 Å². The highest BCUT2D eigenvalue weighted by molar-refractivity contribution is 5.85. The van der Waals surface area contributed by atoms with Gasteiger partial charge in [-0.2, -0.15) is 13.2 Å². The minimum Gasteiger partial charge on any atom is -0.494 e. The van der Waals surface area contributed by atoms with Crippen molar-refractivity contribution in [3.05, 3.63) is 29.3 Å². The lowest BCUT2D eigenvalue weighted by Gasteiger charge is -2.35. The van der Waals surface area contributed by atoms with Gasteiger partial charge in [-0.25, -0.2) is 8.78 Å². The van der Waals surface area contributed by atoms with Crippen LogP contribution in [-0.2, 0) is 0 Å². The third-order valence-corrected chi connectivity index (χ3v) is 3.94. The third kappa shape index (κ3) is 5.19. The lowest BCUT2D eigenvalue weighted by Crippen LogP contribution is -2.45. The standard InChI is InChI=1S/C15H19F5N2O.ClH/c1-23-12-3-2-10(16)13(14(12)17)11(4-5-15(18,19)20)22-8-6-21-7-9-22;/h2-3,11,21H,4-9H2,1H3;1H/t11-;/m0./s1. The first-order valence-electron chi connectivity index (χ1n) is 7.37. The molecular weight excluding hydrogens is 355 g/mol. The summed E-state index contributed by atoms with van der Waals surface area (Å²) in [6, 6.07) is 1.18. The van der Waals surface area contributed by atoms with E-state index in [0.29, 0.717) is 26.2 Å². The zero-order valence-electron chi connectivity index (χ0n) is 13.1. The number of ether oxygens (including phenoxy) is 1. The first-order valence-corrected chi connectivity index (χ1v) is 7.37. The second-order valence-corrected chi connectivity index (χ2v) is 5.43. The monoisotopic (exact) mass is 374 g/mol. The van der Waals surface area contributed by atoms with Gasteiger partial charge in [0.2, 0.25) is 0 Å². The van der Waals surface area contributed by atoms with E-state index in [2.05, 4.69) is 5.32 Å². The Morgan fingerprint density at radius 1 is 1.21 bits per heavy atom. The van der Waals surface area contributed by atoms with Crippen LogP contribution in [0.5, 0.6) is 5.75 Å². The minimum absolute atomic E-state index is 0. The first kappa shape index (κ1) is 20.9. The van der Waals surface area contributed by atoms with Crippen molar-refractivity contribution in [1.29, 1.82) is 0 Å². The molecule has 3 nitrogen and oxygen atoms in total. The van der Waals surface area contributed by atoms with E-state index in [-0.39, 0.29) is 23.7 Å². The Morgan fingerprint density at radius 2 is 1.83 bits per heavy atom. The molecule has 24 heavy (non-hydrogen) atoms. The maximum absolute atomic E-state index is 14.5. The molecule has 1 heterocycles. The normalized spacial score (nSPS) is 17.2. The number of rotatable bonds is 5. The van der Waals surface area contributed by atoms with E-state index in [1.165, 1.54) is 7.11 Å². The van der Waals surface area contributed by atoms with E-state index in [0.717, 1.165) is 12.1 Å². The van der Waals surface area contributed by atoms with Crippen LogP contribution in [0.15, 0.2) is 12.1 Å². The topological polar surface area (TPSA) is 24.5 Å². The molecule has 1 fully saturated rings. The van der Waals surface area contributed by atoms with Gasteiger partial charge in [-0.1, -0.05) is 0 Å². The van der Waals surface area contributed by atoms with Crippen LogP contribution in [0.3, 0.4) is 0 Å². The first-order chi connectivity index (χ1) is 10.8. The lowest BCUT2D eigenvalue weighted by molar-refractivity contribution is -0.138. The molecule has 0 aromatic heterocycles. The number of halogens is 6. The van der Waals surface area contributed by atoms with E-state index >= 15 is 0 Å². The predicted molar refractivity (Wildman–Crippen MR) is 82.6 cm³/mol. The summed E-state index contributed by atoms with van der Waals surface area (Å²) in [6.45, 7) is 1.99. The number of piperazine rings is 1. The van der Waals surface area contributed by atoms with Crippen LogP contribution in [0.4, 0.5) is 22.0 Å². The number of methoxy groups -OCH3 is 1. The Kier molecular flexibility index (Phi) is 7.69. The summed E-state index contributed by atoms with van der Waals surface area (Å²) >= 11 is 0. The summed E-state index contributed by atoms with van der Waals surface area (Å²) in [4.78, 5) is 1.68. The fourth-order valence-electron chi connectivity index (χ4n) is 2.82. The van der Waals surface area contributed by atoms with E-state index < -0.39 is 36.7 Å². The van der Waals surface area contributed by atoms with Gasteiger partial charge in [-0.15, -0.1) is 12.4 Å². The van der Waals surface area contributed by atoms with E-state index in [4.69, 9.17) is 4.74 Å². The van der Waals surface area contributed by atoms with Crippen molar-refractivity contribution >= 4 is 12.4 Å². The number of nitrogens with zero attached hydrogens (tertiary/aromatic N) is 1. The zero-order chi connectivity index (χ0) is 17.0. The highest BCUT2D eigenvalue weighted by atomic mass is 35.5. The summed E-state index contributed by atoms with van der Waals surface area (Å²) in [7, 11) is 1.23. The Balaban J connectivity index is 0.00000288. The van der Waals surface area contributed by atoms with Crippen molar-refractivity contribution in [2.45, 2.75) is 25.1 Å². The molecule has 1 aliphatic heterocycles. The molecule has 0 bridgehead atoms. The Bertz CT molecular complexity index is 535. The van der Waals surface area contributed by atoms with Gasteiger partial charge in [-0.3, -0.25) is 4.90 Å². The van der Waals surface area contributed by atoms with Crippen LogP contribution in [-0.4, -0.2) is 44.4 Å². The second kappa shape index (κ2) is 8.82. The molecule has 1 saturated heterocycles. The molecule has 0 saturated carbocycles. The van der Waals surface area contributed by atoms with Gasteiger partial charge >= 0.3 is 6.18 Å². The summed E-state index contributed by atoms with van der Waals surface area (Å²) in [5.74, 6) is -1.96. The van der Waals surface area contributed by atoms with Crippen LogP contribution in [0.25, 0.3) is 0 Å². The Labute approximate surface area is 143 Å². The molecule has 0 unspecified atom stereocenters. The fraction of sp³-hybridized carbons (Fsp3) is 0.600. The molecule has 0 radical (unpaired) electrons. The number of alkyl halides is 3. The van der Waals surface area contributed by atoms with E-state index in [1.54, 1.807) is 4.90 Å². The summed E-state index contributed by atoms with van der Waals surface area (Å²) in [5, 5.41) is 3.07. The maximum Gasteiger partial charge on any atom is 0.389 e. The molecule has 1 aromatic rings. The molecule has 138 valence electrons. The molecule has 2 rings (SSSR count). The van der Waals surface area contributed by atoms with Gasteiger partial charge < -0.3 is 10.1 Å². The van der Waals surface area contributed by atoms with Gasteiger partial charge in [-0.05, 0) is 18.6 Å². The average molecular weight is 375 g/mol. The number of nitrogens with one attached hydrogen (secondary N) is 1. The smallest absolute Gasteiger partial charge is 0.389 e. The SMILES string of the molecule is COc1ccc(F)c([C@H](CCC(F)(F)F)N2CCNCC2)c1F.Cl. The van der Waals surface area contributed by atoms with Crippen LogP contribution >= 0.6 is 12.4 Å². The predicted octanol–water partition coefficient (Wildman–Crippen LogP) is 3.68. The number of benzene rings is 1. The van der Waals surface area contributed by atoms with Crippen LogP contribution in [0, 0.1) is 11.6 Å². The van der Waals surface area contributed by atoms with Crippen molar-refractivity contribution in [2.24, 2.45) is 0 Å². The van der Waals surface area contributed by atoms with Crippen LogP contribution in [0.1, 0.15) is 24.4 Å². The molecular formula is C15H20ClF5N2O. The van der Waals surface area contributed by atoms with E-state index in [1.807, 2.05) is 0 Å².